The van der Waals surface area contributed by atoms with E-state index in [0.717, 1.165) is 9.80 Å². The molecule has 2 aromatic carbocycles. The van der Waals surface area contributed by atoms with Crippen molar-refractivity contribution in [1.29, 1.82) is 0 Å². The number of amides is 3. The highest BCUT2D eigenvalue weighted by molar-refractivity contribution is 8.00. The van der Waals surface area contributed by atoms with Crippen molar-refractivity contribution in [2.24, 2.45) is 11.8 Å². The van der Waals surface area contributed by atoms with Crippen LogP contribution in [-0.2, 0) is 19.2 Å². The second kappa shape index (κ2) is 9.80. The Kier molecular flexibility index (Phi) is 6.85. The molecule has 1 aliphatic heterocycles. The maximum absolute atomic E-state index is 12.8. The fourth-order valence-electron chi connectivity index (χ4n) is 3.98. The molecule has 0 spiro atoms. The van der Waals surface area contributed by atoms with E-state index in [-0.39, 0.29) is 24.1 Å². The number of hydrogen-bond acceptors (Lipinski definition) is 5. The highest BCUT2D eigenvalue weighted by atomic mass is 35.5. The van der Waals surface area contributed by atoms with Crippen LogP contribution in [0.3, 0.4) is 0 Å². The largest absolute Gasteiger partial charge is 0.481 e. The first-order valence-electron chi connectivity index (χ1n) is 10.4. The van der Waals surface area contributed by atoms with Crippen LogP contribution in [0.2, 0.25) is 5.02 Å². The molecular weight excluding hydrogens is 464 g/mol. The summed E-state index contributed by atoms with van der Waals surface area (Å²) in [6, 6.07) is 13.5. The number of anilines is 2. The smallest absolute Gasteiger partial charge is 0.307 e. The molecule has 0 saturated carbocycles. The third kappa shape index (κ3) is 5.12. The molecular formula is C24H21ClN2O5S. The highest BCUT2D eigenvalue weighted by Gasteiger charge is 2.40. The Morgan fingerprint density at radius 2 is 1.73 bits per heavy atom. The molecule has 1 fully saturated rings. The average molecular weight is 485 g/mol. The lowest BCUT2D eigenvalue weighted by molar-refractivity contribution is -0.146. The number of nitrogens with one attached hydrogen (secondary N) is 1. The second-order valence-electron chi connectivity index (χ2n) is 7.87. The van der Waals surface area contributed by atoms with Gasteiger partial charge in [0.2, 0.25) is 17.7 Å². The van der Waals surface area contributed by atoms with Crippen LogP contribution in [0.15, 0.2) is 65.6 Å². The summed E-state index contributed by atoms with van der Waals surface area (Å²) in [6.07, 6.45) is 4.43. The quantitative estimate of drug-likeness (QED) is 0.466. The predicted molar refractivity (Wildman–Crippen MR) is 126 cm³/mol. The third-order valence-electron chi connectivity index (χ3n) is 5.66. The number of rotatable bonds is 6. The Balaban J connectivity index is 1.39. The molecule has 2 N–H and O–H groups in total. The molecule has 3 amide bonds. The summed E-state index contributed by atoms with van der Waals surface area (Å²) in [6.45, 7) is 0. The van der Waals surface area contributed by atoms with E-state index in [2.05, 4.69) is 5.32 Å². The van der Waals surface area contributed by atoms with Crippen LogP contribution in [0, 0.1) is 11.8 Å². The van der Waals surface area contributed by atoms with Gasteiger partial charge in [0.15, 0.2) is 0 Å². The topological polar surface area (TPSA) is 104 Å². The van der Waals surface area contributed by atoms with Crippen molar-refractivity contribution < 1.29 is 24.3 Å². The van der Waals surface area contributed by atoms with E-state index in [1.807, 2.05) is 6.08 Å². The van der Waals surface area contributed by atoms with Crippen LogP contribution >= 0.6 is 23.4 Å². The van der Waals surface area contributed by atoms with Crippen molar-refractivity contribution in [1.82, 2.24) is 0 Å². The average Bonchev–Trinajstić information content (AvgIpc) is 3.07. The van der Waals surface area contributed by atoms with E-state index in [1.54, 1.807) is 54.6 Å². The van der Waals surface area contributed by atoms with Crippen molar-refractivity contribution in [2.45, 2.75) is 29.4 Å². The van der Waals surface area contributed by atoms with E-state index >= 15 is 0 Å². The molecule has 1 saturated heterocycles. The summed E-state index contributed by atoms with van der Waals surface area (Å²) in [5, 5.41) is 12.0. The molecule has 1 aliphatic carbocycles. The number of carboxylic acid groups (broad SMARTS) is 1. The summed E-state index contributed by atoms with van der Waals surface area (Å²) in [5.74, 6) is -3.25. The van der Waals surface area contributed by atoms with Crippen molar-refractivity contribution in [3.05, 3.63) is 65.7 Å². The Morgan fingerprint density at radius 3 is 2.39 bits per heavy atom. The molecule has 4 rings (SSSR count). The van der Waals surface area contributed by atoms with Crippen molar-refractivity contribution >= 4 is 58.4 Å². The normalized spacial score (nSPS) is 22.5. The molecule has 3 atom stereocenters. The highest BCUT2D eigenvalue weighted by Crippen LogP contribution is 2.35. The van der Waals surface area contributed by atoms with Crippen LogP contribution in [0.4, 0.5) is 11.4 Å². The van der Waals surface area contributed by atoms with Gasteiger partial charge >= 0.3 is 5.97 Å². The Bertz CT molecular complexity index is 1130. The summed E-state index contributed by atoms with van der Waals surface area (Å²) >= 11 is 7.27. The molecule has 0 aromatic heterocycles. The molecule has 1 heterocycles. The minimum Gasteiger partial charge on any atom is -0.481 e. The maximum Gasteiger partial charge on any atom is 0.307 e. The molecule has 0 bridgehead atoms. The van der Waals surface area contributed by atoms with Gasteiger partial charge in [-0.05, 0) is 55.3 Å². The van der Waals surface area contributed by atoms with E-state index in [9.17, 15) is 24.3 Å². The first-order chi connectivity index (χ1) is 15.8. The van der Waals surface area contributed by atoms with Crippen LogP contribution in [0.1, 0.15) is 19.3 Å². The van der Waals surface area contributed by atoms with Gasteiger partial charge in [0, 0.05) is 22.0 Å². The summed E-state index contributed by atoms with van der Waals surface area (Å²) < 4.78 is 0. The van der Waals surface area contributed by atoms with Gasteiger partial charge in [0.1, 0.15) is 0 Å². The van der Waals surface area contributed by atoms with Gasteiger partial charge in [0.25, 0.3) is 0 Å². The van der Waals surface area contributed by atoms with Gasteiger partial charge in [-0.2, -0.15) is 0 Å². The molecule has 9 heteroatoms. The molecule has 0 radical (unpaired) electrons. The SMILES string of the molecule is O=C(O)[C@@H]1CC=CC[C@H]1C(=O)Nc1ccc(S[C@H]2CC(=O)N(c3cccc(Cl)c3)C2=O)cc1. The van der Waals surface area contributed by atoms with Gasteiger partial charge < -0.3 is 10.4 Å². The lowest BCUT2D eigenvalue weighted by atomic mass is 9.82. The van der Waals surface area contributed by atoms with Crippen molar-refractivity contribution in [3.63, 3.8) is 0 Å². The number of halogens is 1. The molecule has 0 unspecified atom stereocenters. The molecule has 33 heavy (non-hydrogen) atoms. The number of aliphatic carboxylic acids is 1. The van der Waals surface area contributed by atoms with Crippen LogP contribution < -0.4 is 10.2 Å². The fourth-order valence-corrected chi connectivity index (χ4v) is 5.21. The second-order valence-corrected chi connectivity index (χ2v) is 9.58. The molecule has 2 aliphatic rings. The van der Waals surface area contributed by atoms with Gasteiger partial charge in [0.05, 0.1) is 22.8 Å². The van der Waals surface area contributed by atoms with Crippen LogP contribution in [0.25, 0.3) is 0 Å². The van der Waals surface area contributed by atoms with E-state index < -0.39 is 23.1 Å². The van der Waals surface area contributed by atoms with Crippen LogP contribution in [0.5, 0.6) is 0 Å². The molecule has 2 aromatic rings. The minimum absolute atomic E-state index is 0.0836. The summed E-state index contributed by atoms with van der Waals surface area (Å²) in [4.78, 5) is 51.3. The summed E-state index contributed by atoms with van der Waals surface area (Å²) in [7, 11) is 0. The lowest BCUT2D eigenvalue weighted by Gasteiger charge is -2.24. The number of nitrogens with zero attached hydrogens (tertiary/aromatic N) is 1. The third-order valence-corrected chi connectivity index (χ3v) is 7.09. The number of benzene rings is 2. The van der Waals surface area contributed by atoms with Crippen molar-refractivity contribution in [3.8, 4) is 0 Å². The number of carbonyl (C=O) groups excluding carboxylic acids is 3. The molecule has 170 valence electrons. The van der Waals surface area contributed by atoms with Crippen molar-refractivity contribution in [2.75, 3.05) is 10.2 Å². The van der Waals surface area contributed by atoms with Gasteiger partial charge in [-0.25, -0.2) is 4.90 Å². The van der Waals surface area contributed by atoms with Gasteiger partial charge in [-0.3, -0.25) is 19.2 Å². The maximum atomic E-state index is 12.8. The van der Waals surface area contributed by atoms with E-state index in [1.165, 1.54) is 11.8 Å². The Morgan fingerprint density at radius 1 is 1.03 bits per heavy atom. The number of carboxylic acids is 1. The molecule has 7 nitrogen and oxygen atoms in total. The minimum atomic E-state index is -0.978. The predicted octanol–water partition coefficient (Wildman–Crippen LogP) is 4.37. The number of carbonyl (C=O) groups is 4. The Hall–Kier alpha value is -3.10. The van der Waals surface area contributed by atoms with Gasteiger partial charge in [-0.1, -0.05) is 29.8 Å². The first-order valence-corrected chi connectivity index (χ1v) is 11.7. The standard InChI is InChI=1S/C24H21ClN2O5S/c25-14-4-3-5-16(12-14)27-21(28)13-20(23(27)30)33-17-10-8-15(9-11-17)26-22(29)18-6-1-2-7-19(18)24(31)32/h1-5,8-12,18-20H,6-7,13H2,(H,26,29)(H,31,32)/t18-,19-,20+/m1/s1. The monoisotopic (exact) mass is 484 g/mol. The zero-order chi connectivity index (χ0) is 23.5. The number of imide groups is 1. The van der Waals surface area contributed by atoms with E-state index in [4.69, 9.17) is 11.6 Å². The Labute approximate surface area is 199 Å². The first kappa shape index (κ1) is 23.1. The van der Waals surface area contributed by atoms with E-state index in [0.29, 0.717) is 29.2 Å². The number of hydrogen-bond donors (Lipinski definition) is 2. The zero-order valence-corrected chi connectivity index (χ0v) is 19.0. The summed E-state index contributed by atoms with van der Waals surface area (Å²) in [5.41, 5.74) is 0.994. The van der Waals surface area contributed by atoms with Crippen LogP contribution in [-0.4, -0.2) is 34.0 Å². The number of allylic oxidation sites excluding steroid dienone is 2. The lowest BCUT2D eigenvalue weighted by Crippen LogP contribution is -2.34. The van der Waals surface area contributed by atoms with Gasteiger partial charge in [-0.15, -0.1) is 11.8 Å². The number of thioether (sulfide) groups is 1. The zero-order valence-electron chi connectivity index (χ0n) is 17.4. The fraction of sp³-hybridized carbons (Fsp3) is 0.250.